The molecular formula is C17H26N2O4S. The molecule has 2 rings (SSSR count). The first-order valence-electron chi connectivity index (χ1n) is 8.26. The van der Waals surface area contributed by atoms with Crippen molar-refractivity contribution < 1.29 is 19.1 Å². The Hall–Kier alpha value is -1.44. The maximum absolute atomic E-state index is 12.4. The van der Waals surface area contributed by atoms with Gasteiger partial charge in [0, 0.05) is 18.0 Å². The number of anilines is 1. The number of amides is 1. The molecule has 1 aliphatic heterocycles. The molecule has 0 aromatic carbocycles. The predicted molar refractivity (Wildman–Crippen MR) is 94.8 cm³/mol. The van der Waals surface area contributed by atoms with E-state index in [9.17, 15) is 9.59 Å². The van der Waals surface area contributed by atoms with Crippen LogP contribution in [-0.2, 0) is 14.3 Å². The van der Waals surface area contributed by atoms with E-state index in [1.54, 1.807) is 6.92 Å². The molecule has 1 aromatic heterocycles. The number of thiophene rings is 1. The van der Waals surface area contributed by atoms with Crippen molar-refractivity contribution in [3.05, 3.63) is 16.0 Å². The lowest BCUT2D eigenvalue weighted by molar-refractivity contribution is -0.121. The molecule has 134 valence electrons. The maximum Gasteiger partial charge on any atom is 0.341 e. The zero-order valence-electron chi connectivity index (χ0n) is 15.0. The Labute approximate surface area is 147 Å². The quantitative estimate of drug-likeness (QED) is 0.823. The van der Waals surface area contributed by atoms with E-state index in [1.807, 2.05) is 27.7 Å². The van der Waals surface area contributed by atoms with Gasteiger partial charge in [0.05, 0.1) is 30.9 Å². The van der Waals surface area contributed by atoms with Crippen LogP contribution >= 0.6 is 11.3 Å². The highest BCUT2D eigenvalue weighted by atomic mass is 32.1. The van der Waals surface area contributed by atoms with Crippen molar-refractivity contribution in [1.82, 2.24) is 4.90 Å². The first kappa shape index (κ1) is 18.9. The van der Waals surface area contributed by atoms with Crippen LogP contribution in [-0.4, -0.2) is 55.2 Å². The summed E-state index contributed by atoms with van der Waals surface area (Å²) in [6, 6.07) is 0. The number of carbonyl (C=O) groups is 2. The van der Waals surface area contributed by atoms with Gasteiger partial charge in [-0.2, -0.15) is 0 Å². The molecule has 0 saturated carbocycles. The highest BCUT2D eigenvalue weighted by Crippen LogP contribution is 2.33. The van der Waals surface area contributed by atoms with Crippen molar-refractivity contribution in [1.29, 1.82) is 0 Å². The van der Waals surface area contributed by atoms with Gasteiger partial charge in [-0.3, -0.25) is 9.69 Å². The SMILES string of the molecule is CCOC(=O)c1c(NC(=O)CN2C[C@@H](C)O[C@H](C)C2)sc(C)c1C. The minimum atomic E-state index is -0.386. The van der Waals surface area contributed by atoms with E-state index >= 15 is 0 Å². The van der Waals surface area contributed by atoms with Crippen LogP contribution in [0.15, 0.2) is 0 Å². The van der Waals surface area contributed by atoms with Crippen LogP contribution in [0.2, 0.25) is 0 Å². The molecule has 1 amide bonds. The number of aryl methyl sites for hydroxylation is 1. The van der Waals surface area contributed by atoms with Crippen LogP contribution in [0.5, 0.6) is 0 Å². The number of nitrogens with one attached hydrogen (secondary N) is 1. The van der Waals surface area contributed by atoms with Gasteiger partial charge in [-0.25, -0.2) is 4.79 Å². The second-order valence-corrected chi connectivity index (χ2v) is 7.43. The van der Waals surface area contributed by atoms with E-state index in [0.717, 1.165) is 23.5 Å². The second-order valence-electron chi connectivity index (χ2n) is 6.21. The average molecular weight is 354 g/mol. The molecule has 0 aliphatic carbocycles. The predicted octanol–water partition coefficient (Wildman–Crippen LogP) is 2.59. The van der Waals surface area contributed by atoms with Crippen molar-refractivity contribution in [2.45, 2.75) is 46.8 Å². The fourth-order valence-corrected chi connectivity index (χ4v) is 4.01. The van der Waals surface area contributed by atoms with Crippen LogP contribution in [0.1, 0.15) is 41.6 Å². The first-order valence-corrected chi connectivity index (χ1v) is 9.08. The summed E-state index contributed by atoms with van der Waals surface area (Å²) in [5.41, 5.74) is 1.33. The van der Waals surface area contributed by atoms with Crippen LogP contribution in [0.25, 0.3) is 0 Å². The zero-order valence-corrected chi connectivity index (χ0v) is 15.8. The third-order valence-electron chi connectivity index (χ3n) is 3.98. The Morgan fingerprint density at radius 1 is 1.29 bits per heavy atom. The van der Waals surface area contributed by atoms with Crippen LogP contribution < -0.4 is 5.32 Å². The molecule has 0 unspecified atom stereocenters. The van der Waals surface area contributed by atoms with Gasteiger partial charge < -0.3 is 14.8 Å². The van der Waals surface area contributed by atoms with E-state index in [-0.39, 0.29) is 30.6 Å². The molecule has 1 N–H and O–H groups in total. The second kappa shape index (κ2) is 8.09. The first-order chi connectivity index (χ1) is 11.3. The lowest BCUT2D eigenvalue weighted by Gasteiger charge is -2.34. The summed E-state index contributed by atoms with van der Waals surface area (Å²) in [5.74, 6) is -0.508. The summed E-state index contributed by atoms with van der Waals surface area (Å²) in [7, 11) is 0. The van der Waals surface area contributed by atoms with Crippen molar-refractivity contribution in [3.63, 3.8) is 0 Å². The van der Waals surface area contributed by atoms with Crippen LogP contribution in [0, 0.1) is 13.8 Å². The molecule has 0 bridgehead atoms. The van der Waals surface area contributed by atoms with Gasteiger partial charge in [0.1, 0.15) is 5.00 Å². The van der Waals surface area contributed by atoms with Crippen molar-refractivity contribution in [3.8, 4) is 0 Å². The molecule has 1 aromatic rings. The summed E-state index contributed by atoms with van der Waals surface area (Å²) in [6.45, 7) is 11.6. The van der Waals surface area contributed by atoms with Gasteiger partial charge in [0.25, 0.3) is 0 Å². The molecule has 24 heavy (non-hydrogen) atoms. The standard InChI is InChI=1S/C17H26N2O4S/c1-6-22-17(21)15-12(4)13(5)24-16(15)18-14(20)9-19-7-10(2)23-11(3)8-19/h10-11H,6-9H2,1-5H3,(H,18,20)/t10-,11-/m1/s1. The van der Waals surface area contributed by atoms with E-state index in [4.69, 9.17) is 9.47 Å². The Kier molecular flexibility index (Phi) is 6.37. The largest absolute Gasteiger partial charge is 0.462 e. The monoisotopic (exact) mass is 354 g/mol. The van der Waals surface area contributed by atoms with Gasteiger partial charge in [-0.1, -0.05) is 0 Å². The summed E-state index contributed by atoms with van der Waals surface area (Å²) < 4.78 is 10.8. The molecule has 2 atom stereocenters. The molecule has 2 heterocycles. The number of morpholine rings is 1. The van der Waals surface area contributed by atoms with Crippen molar-refractivity contribution >= 4 is 28.2 Å². The van der Waals surface area contributed by atoms with Crippen LogP contribution in [0.3, 0.4) is 0 Å². The topological polar surface area (TPSA) is 67.9 Å². The third-order valence-corrected chi connectivity index (χ3v) is 5.10. The Balaban J connectivity index is 2.06. The molecule has 0 radical (unpaired) electrons. The summed E-state index contributed by atoms with van der Waals surface area (Å²) in [5, 5.41) is 3.46. The minimum Gasteiger partial charge on any atom is -0.462 e. The number of carbonyl (C=O) groups excluding carboxylic acids is 2. The highest BCUT2D eigenvalue weighted by molar-refractivity contribution is 7.16. The molecular weight excluding hydrogens is 328 g/mol. The normalized spacial score (nSPS) is 21.5. The van der Waals surface area contributed by atoms with Gasteiger partial charge in [-0.05, 0) is 40.2 Å². The molecule has 0 spiro atoms. The van der Waals surface area contributed by atoms with Gasteiger partial charge >= 0.3 is 5.97 Å². The molecule has 1 saturated heterocycles. The molecule has 7 heteroatoms. The Morgan fingerprint density at radius 2 is 1.92 bits per heavy atom. The molecule has 6 nitrogen and oxygen atoms in total. The zero-order chi connectivity index (χ0) is 17.9. The lowest BCUT2D eigenvalue weighted by Crippen LogP contribution is -2.48. The summed E-state index contributed by atoms with van der Waals surface area (Å²) in [6.07, 6.45) is 0.228. The van der Waals surface area contributed by atoms with E-state index < -0.39 is 0 Å². The number of hydrogen-bond acceptors (Lipinski definition) is 6. The minimum absolute atomic E-state index is 0.114. The fraction of sp³-hybridized carbons (Fsp3) is 0.647. The van der Waals surface area contributed by atoms with Gasteiger partial charge in [0.2, 0.25) is 5.91 Å². The average Bonchev–Trinajstić information content (AvgIpc) is 2.72. The summed E-state index contributed by atoms with van der Waals surface area (Å²) in [4.78, 5) is 27.6. The fourth-order valence-electron chi connectivity index (χ4n) is 2.95. The van der Waals surface area contributed by atoms with Crippen LogP contribution in [0.4, 0.5) is 5.00 Å². The third kappa shape index (κ3) is 4.55. The van der Waals surface area contributed by atoms with Crippen molar-refractivity contribution in [2.24, 2.45) is 0 Å². The van der Waals surface area contributed by atoms with E-state index in [2.05, 4.69) is 10.2 Å². The van der Waals surface area contributed by atoms with E-state index in [0.29, 0.717) is 17.2 Å². The Bertz CT molecular complexity index is 604. The number of esters is 1. The van der Waals surface area contributed by atoms with Crippen molar-refractivity contribution in [2.75, 3.05) is 31.6 Å². The summed E-state index contributed by atoms with van der Waals surface area (Å²) >= 11 is 1.41. The van der Waals surface area contributed by atoms with Gasteiger partial charge in [0.15, 0.2) is 0 Å². The van der Waals surface area contributed by atoms with E-state index in [1.165, 1.54) is 11.3 Å². The molecule has 1 aliphatic rings. The number of hydrogen-bond donors (Lipinski definition) is 1. The highest BCUT2D eigenvalue weighted by Gasteiger charge is 2.26. The lowest BCUT2D eigenvalue weighted by atomic mass is 10.1. The maximum atomic E-state index is 12.4. The number of nitrogens with zero attached hydrogens (tertiary/aromatic N) is 1. The van der Waals surface area contributed by atoms with Gasteiger partial charge in [-0.15, -0.1) is 11.3 Å². The Morgan fingerprint density at radius 3 is 2.50 bits per heavy atom. The number of rotatable bonds is 5. The smallest absolute Gasteiger partial charge is 0.341 e. The number of ether oxygens (including phenoxy) is 2. The molecule has 1 fully saturated rings.